The van der Waals surface area contributed by atoms with E-state index in [9.17, 15) is 0 Å². The minimum Gasteiger partial charge on any atom is -0.489 e. The van der Waals surface area contributed by atoms with Gasteiger partial charge >= 0.3 is 0 Å². The highest BCUT2D eigenvalue weighted by molar-refractivity contribution is 14.0. The maximum atomic E-state index is 5.82. The Kier molecular flexibility index (Phi) is 8.98. The van der Waals surface area contributed by atoms with E-state index in [0.29, 0.717) is 31.5 Å². The quantitative estimate of drug-likeness (QED) is 0.283. The van der Waals surface area contributed by atoms with Gasteiger partial charge in [0, 0.05) is 13.6 Å². The summed E-state index contributed by atoms with van der Waals surface area (Å²) >= 11 is 0. The van der Waals surface area contributed by atoms with E-state index in [0.717, 1.165) is 28.3 Å². The number of rotatable bonds is 7. The molecule has 0 bridgehead atoms. The fraction of sp³-hybridized carbons (Fsp3) is 0.273. The summed E-state index contributed by atoms with van der Waals surface area (Å²) in [6, 6.07) is 18.1. The molecule has 0 radical (unpaired) electrons. The number of halogens is 1. The Balaban J connectivity index is 0.00000300. The second-order valence-electron chi connectivity index (χ2n) is 6.45. The summed E-state index contributed by atoms with van der Waals surface area (Å²) in [5, 5.41) is 6.52. The molecule has 0 saturated heterocycles. The number of nitrogens with zero attached hydrogens (tertiary/aromatic N) is 2. The average molecular weight is 506 g/mol. The van der Waals surface area contributed by atoms with Crippen molar-refractivity contribution < 1.29 is 9.15 Å². The molecule has 0 fully saturated rings. The summed E-state index contributed by atoms with van der Waals surface area (Å²) in [5.41, 5.74) is 3.19. The van der Waals surface area contributed by atoms with Crippen LogP contribution in [0.15, 0.2) is 64.0 Å². The molecule has 0 aliphatic heterocycles. The van der Waals surface area contributed by atoms with Crippen molar-refractivity contribution in [1.82, 2.24) is 15.6 Å². The third-order valence-corrected chi connectivity index (χ3v) is 4.30. The predicted octanol–water partition coefficient (Wildman–Crippen LogP) is 4.35. The Morgan fingerprint density at radius 3 is 2.41 bits per heavy atom. The van der Waals surface area contributed by atoms with Gasteiger partial charge in [-0.25, -0.2) is 4.98 Å². The van der Waals surface area contributed by atoms with E-state index in [-0.39, 0.29) is 24.0 Å². The van der Waals surface area contributed by atoms with Crippen LogP contribution in [0.4, 0.5) is 0 Å². The Morgan fingerprint density at radius 1 is 1.00 bits per heavy atom. The standard InChI is InChI=1S/C22H26N4O2.HI/c1-16-17(2)28-21(26-16)14-25-22(23-3)24-13-18-8-7-9-19(12-18)15-27-20-10-5-4-6-11-20;/h4-12H,13-15H2,1-3H3,(H2,23,24,25);1H. The van der Waals surface area contributed by atoms with Crippen molar-refractivity contribution in [3.63, 3.8) is 0 Å². The van der Waals surface area contributed by atoms with E-state index in [1.807, 2.05) is 50.2 Å². The lowest BCUT2D eigenvalue weighted by molar-refractivity contribution is 0.306. The van der Waals surface area contributed by atoms with Gasteiger partial charge in [-0.1, -0.05) is 42.5 Å². The van der Waals surface area contributed by atoms with Crippen molar-refractivity contribution in [3.8, 4) is 5.75 Å². The molecule has 154 valence electrons. The van der Waals surface area contributed by atoms with Crippen LogP contribution in [0.25, 0.3) is 0 Å². The van der Waals surface area contributed by atoms with Crippen LogP contribution in [0.3, 0.4) is 0 Å². The molecule has 3 aromatic rings. The largest absolute Gasteiger partial charge is 0.489 e. The molecule has 0 saturated carbocycles. The van der Waals surface area contributed by atoms with E-state index in [1.54, 1.807) is 7.05 Å². The monoisotopic (exact) mass is 506 g/mol. The van der Waals surface area contributed by atoms with Crippen molar-refractivity contribution >= 4 is 29.9 Å². The van der Waals surface area contributed by atoms with Crippen molar-refractivity contribution in [1.29, 1.82) is 0 Å². The molecule has 7 heteroatoms. The van der Waals surface area contributed by atoms with Gasteiger partial charge < -0.3 is 19.8 Å². The zero-order chi connectivity index (χ0) is 19.8. The van der Waals surface area contributed by atoms with Crippen LogP contribution in [-0.2, 0) is 19.7 Å². The van der Waals surface area contributed by atoms with Crippen molar-refractivity contribution in [2.75, 3.05) is 7.05 Å². The van der Waals surface area contributed by atoms with Gasteiger partial charge in [0.2, 0.25) is 5.89 Å². The summed E-state index contributed by atoms with van der Waals surface area (Å²) in [6.45, 7) is 5.52. The second kappa shape index (κ2) is 11.5. The van der Waals surface area contributed by atoms with Gasteiger partial charge in [0.05, 0.1) is 12.2 Å². The highest BCUT2D eigenvalue weighted by Gasteiger charge is 2.06. The van der Waals surface area contributed by atoms with Crippen LogP contribution in [0, 0.1) is 13.8 Å². The number of aryl methyl sites for hydroxylation is 2. The molecule has 2 aromatic carbocycles. The summed E-state index contributed by atoms with van der Waals surface area (Å²) in [6.07, 6.45) is 0. The molecule has 1 heterocycles. The number of guanidine groups is 1. The Hall–Kier alpha value is -2.55. The fourth-order valence-corrected chi connectivity index (χ4v) is 2.69. The summed E-state index contributed by atoms with van der Waals surface area (Å²) in [7, 11) is 1.74. The molecular weight excluding hydrogens is 479 g/mol. The topological polar surface area (TPSA) is 71.7 Å². The Morgan fingerprint density at radius 2 is 1.72 bits per heavy atom. The van der Waals surface area contributed by atoms with Crippen molar-refractivity contribution in [2.24, 2.45) is 4.99 Å². The first-order valence-electron chi connectivity index (χ1n) is 9.27. The molecule has 1 aromatic heterocycles. The zero-order valence-electron chi connectivity index (χ0n) is 16.9. The minimum atomic E-state index is 0. The maximum Gasteiger partial charge on any atom is 0.214 e. The third-order valence-electron chi connectivity index (χ3n) is 4.30. The van der Waals surface area contributed by atoms with Crippen LogP contribution >= 0.6 is 24.0 Å². The first kappa shape index (κ1) is 22.7. The number of hydrogen-bond donors (Lipinski definition) is 2. The molecule has 0 aliphatic carbocycles. The molecule has 0 aliphatic rings. The van der Waals surface area contributed by atoms with Crippen LogP contribution in [0.5, 0.6) is 5.75 Å². The smallest absolute Gasteiger partial charge is 0.214 e. The number of benzene rings is 2. The molecule has 0 amide bonds. The summed E-state index contributed by atoms with van der Waals surface area (Å²) < 4.78 is 11.4. The number of nitrogens with one attached hydrogen (secondary N) is 2. The molecule has 2 N–H and O–H groups in total. The van der Waals surface area contributed by atoms with Gasteiger partial charge in [-0.2, -0.15) is 0 Å². The molecule has 3 rings (SSSR count). The average Bonchev–Trinajstić information content (AvgIpc) is 3.05. The molecule has 29 heavy (non-hydrogen) atoms. The van der Waals surface area contributed by atoms with Gasteiger partial charge in [0.15, 0.2) is 5.96 Å². The number of aliphatic imine (C=N–C) groups is 1. The molecule has 0 atom stereocenters. The minimum absolute atomic E-state index is 0. The van der Waals surface area contributed by atoms with E-state index < -0.39 is 0 Å². The zero-order valence-corrected chi connectivity index (χ0v) is 19.3. The van der Waals surface area contributed by atoms with Crippen LogP contribution in [-0.4, -0.2) is 18.0 Å². The molecule has 0 spiro atoms. The van der Waals surface area contributed by atoms with Crippen molar-refractivity contribution in [3.05, 3.63) is 83.1 Å². The first-order chi connectivity index (χ1) is 13.6. The second-order valence-corrected chi connectivity index (χ2v) is 6.45. The van der Waals surface area contributed by atoms with Crippen LogP contribution < -0.4 is 15.4 Å². The Bertz CT molecular complexity index is 906. The van der Waals surface area contributed by atoms with Gasteiger partial charge in [-0.15, -0.1) is 24.0 Å². The predicted molar refractivity (Wildman–Crippen MR) is 126 cm³/mol. The van der Waals surface area contributed by atoms with Gasteiger partial charge in [0.1, 0.15) is 18.1 Å². The SMILES string of the molecule is CN=C(NCc1cccc(COc2ccccc2)c1)NCc1nc(C)c(C)o1.I. The lowest BCUT2D eigenvalue weighted by atomic mass is 10.1. The van der Waals surface area contributed by atoms with Crippen LogP contribution in [0.2, 0.25) is 0 Å². The van der Waals surface area contributed by atoms with E-state index >= 15 is 0 Å². The molecule has 6 nitrogen and oxygen atoms in total. The van der Waals surface area contributed by atoms with Gasteiger partial charge in [-0.3, -0.25) is 4.99 Å². The number of para-hydroxylation sites is 1. The van der Waals surface area contributed by atoms with E-state index in [2.05, 4.69) is 38.8 Å². The first-order valence-corrected chi connectivity index (χ1v) is 9.27. The maximum absolute atomic E-state index is 5.82. The third kappa shape index (κ3) is 7.08. The van der Waals surface area contributed by atoms with E-state index in [1.165, 1.54) is 0 Å². The number of hydrogen-bond acceptors (Lipinski definition) is 4. The van der Waals surface area contributed by atoms with Crippen molar-refractivity contribution in [2.45, 2.75) is 33.5 Å². The van der Waals surface area contributed by atoms with Crippen LogP contribution in [0.1, 0.15) is 28.5 Å². The lowest BCUT2D eigenvalue weighted by Gasteiger charge is -2.12. The number of ether oxygens (including phenoxy) is 1. The van der Waals surface area contributed by atoms with Gasteiger partial charge in [-0.05, 0) is 37.1 Å². The molecule has 0 unspecified atom stereocenters. The normalized spacial score (nSPS) is 10.9. The molecular formula is C22H27IN4O2. The van der Waals surface area contributed by atoms with E-state index in [4.69, 9.17) is 9.15 Å². The number of oxazole rings is 1. The fourth-order valence-electron chi connectivity index (χ4n) is 2.69. The Labute approximate surface area is 188 Å². The highest BCUT2D eigenvalue weighted by Crippen LogP contribution is 2.13. The summed E-state index contributed by atoms with van der Waals surface area (Å²) in [4.78, 5) is 8.61. The van der Waals surface area contributed by atoms with Gasteiger partial charge in [0.25, 0.3) is 0 Å². The number of aromatic nitrogens is 1. The lowest BCUT2D eigenvalue weighted by Crippen LogP contribution is -2.36. The summed E-state index contributed by atoms with van der Waals surface area (Å²) in [5.74, 6) is 3.05. The highest BCUT2D eigenvalue weighted by atomic mass is 127.